The molecular weight excluding hydrogens is 342 g/mol. The van der Waals surface area contributed by atoms with E-state index in [4.69, 9.17) is 14.2 Å². The predicted molar refractivity (Wildman–Crippen MR) is 103 cm³/mol. The molecule has 1 amide bonds. The molecule has 2 bridgehead atoms. The minimum Gasteiger partial charge on any atom is -0.487 e. The van der Waals surface area contributed by atoms with Gasteiger partial charge in [0.2, 0.25) is 0 Å². The van der Waals surface area contributed by atoms with Crippen molar-refractivity contribution in [1.82, 2.24) is 5.32 Å². The number of rotatable bonds is 4. The predicted octanol–water partition coefficient (Wildman–Crippen LogP) is 4.32. The van der Waals surface area contributed by atoms with Crippen molar-refractivity contribution in [3.63, 3.8) is 0 Å². The van der Waals surface area contributed by atoms with Crippen LogP contribution in [0.1, 0.15) is 52.2 Å². The van der Waals surface area contributed by atoms with E-state index in [9.17, 15) is 4.79 Å². The summed E-state index contributed by atoms with van der Waals surface area (Å²) in [6.45, 7) is 10.4. The van der Waals surface area contributed by atoms with E-state index >= 15 is 0 Å². The lowest BCUT2D eigenvalue weighted by atomic mass is 9.50. The lowest BCUT2D eigenvalue weighted by Crippen LogP contribution is -2.66. The van der Waals surface area contributed by atoms with Gasteiger partial charge in [-0.15, -0.1) is 0 Å². The first-order valence-electron chi connectivity index (χ1n) is 10.2. The molecule has 1 unspecified atom stereocenters. The highest BCUT2D eigenvalue weighted by Crippen LogP contribution is 2.63. The van der Waals surface area contributed by atoms with Crippen LogP contribution in [0.15, 0.2) is 24.3 Å². The minimum absolute atomic E-state index is 0.0458. The average molecular weight is 373 g/mol. The van der Waals surface area contributed by atoms with Crippen LogP contribution in [0, 0.1) is 23.2 Å². The molecule has 1 saturated carbocycles. The first kappa shape index (κ1) is 18.6. The van der Waals surface area contributed by atoms with Gasteiger partial charge in [0.15, 0.2) is 0 Å². The lowest BCUT2D eigenvalue weighted by Gasteiger charge is -2.63. The Balaban J connectivity index is 1.61. The van der Waals surface area contributed by atoms with Crippen molar-refractivity contribution in [1.29, 1.82) is 0 Å². The third kappa shape index (κ3) is 2.82. The van der Waals surface area contributed by atoms with Crippen LogP contribution < -0.4 is 10.1 Å². The van der Waals surface area contributed by atoms with Gasteiger partial charge in [-0.25, -0.2) is 4.79 Å². The van der Waals surface area contributed by atoms with E-state index in [0.29, 0.717) is 31.6 Å². The van der Waals surface area contributed by atoms with E-state index in [1.165, 1.54) is 0 Å². The third-order valence-corrected chi connectivity index (χ3v) is 7.26. The van der Waals surface area contributed by atoms with Crippen molar-refractivity contribution < 1.29 is 19.0 Å². The largest absolute Gasteiger partial charge is 0.487 e. The van der Waals surface area contributed by atoms with Crippen molar-refractivity contribution in [2.24, 2.45) is 23.2 Å². The van der Waals surface area contributed by atoms with Gasteiger partial charge in [-0.3, -0.25) is 0 Å². The summed E-state index contributed by atoms with van der Waals surface area (Å²) in [7, 11) is 0. The van der Waals surface area contributed by atoms with Gasteiger partial charge in [-0.2, -0.15) is 0 Å². The van der Waals surface area contributed by atoms with E-state index in [1.54, 1.807) is 0 Å². The summed E-state index contributed by atoms with van der Waals surface area (Å²) < 4.78 is 18.7. The molecule has 2 fully saturated rings. The van der Waals surface area contributed by atoms with Crippen molar-refractivity contribution >= 4 is 6.09 Å². The smallest absolute Gasteiger partial charge is 0.407 e. The molecule has 1 aromatic rings. The fourth-order valence-corrected chi connectivity index (χ4v) is 5.73. The molecule has 148 valence electrons. The number of amides is 1. The van der Waals surface area contributed by atoms with Crippen LogP contribution in [0.2, 0.25) is 0 Å². The van der Waals surface area contributed by atoms with Crippen LogP contribution in [0.3, 0.4) is 0 Å². The molecule has 1 saturated heterocycles. The van der Waals surface area contributed by atoms with Crippen molar-refractivity contribution in [2.45, 2.75) is 52.2 Å². The molecule has 2 aliphatic heterocycles. The number of hydrogen-bond acceptors (Lipinski definition) is 4. The monoisotopic (exact) mass is 373 g/mol. The summed E-state index contributed by atoms with van der Waals surface area (Å²) in [5.74, 6) is 1.86. The van der Waals surface area contributed by atoms with E-state index in [1.807, 2.05) is 25.1 Å². The Bertz CT molecular complexity index is 722. The first-order valence-corrected chi connectivity index (χ1v) is 10.2. The SMILES string of the molecule is CCCNC(=O)OCC12CO[C@H]3c4ccccc4O[C@](C)(C[C@H]1C)[C@@H]3[C@@H]2C. The minimum atomic E-state index is -0.327. The molecule has 27 heavy (non-hydrogen) atoms. The fourth-order valence-electron chi connectivity index (χ4n) is 5.73. The van der Waals surface area contributed by atoms with Gasteiger partial charge in [0.1, 0.15) is 18.0 Å². The Morgan fingerprint density at radius 3 is 2.89 bits per heavy atom. The molecule has 1 N–H and O–H groups in total. The van der Waals surface area contributed by atoms with Gasteiger partial charge >= 0.3 is 6.09 Å². The number of benzene rings is 1. The number of hydrogen-bond donors (Lipinski definition) is 1. The van der Waals surface area contributed by atoms with Crippen LogP contribution in [-0.2, 0) is 9.47 Å². The standard InChI is InChI=1S/C22H31NO4/c1-5-10-23-20(24)26-13-22-12-25-19-16-8-6-7-9-17(16)27-21(4,11-14(22)2)18(19)15(22)3/h6-9,14-15,18-19H,5,10-13H2,1-4H3,(H,23,24)/t14-,15+,18-,19+,21-,22?/m1/s1. The van der Waals surface area contributed by atoms with Gasteiger partial charge in [-0.05, 0) is 37.7 Å². The highest BCUT2D eigenvalue weighted by Gasteiger charge is 2.64. The summed E-state index contributed by atoms with van der Waals surface area (Å²) in [6.07, 6.45) is 1.56. The zero-order valence-electron chi connectivity index (χ0n) is 16.8. The van der Waals surface area contributed by atoms with Gasteiger partial charge < -0.3 is 19.5 Å². The summed E-state index contributed by atoms with van der Waals surface area (Å²) in [5, 5.41) is 2.81. The van der Waals surface area contributed by atoms with Crippen LogP contribution in [0.4, 0.5) is 4.79 Å². The van der Waals surface area contributed by atoms with Gasteiger partial charge in [0.05, 0.1) is 12.7 Å². The Labute approximate surface area is 161 Å². The maximum Gasteiger partial charge on any atom is 0.407 e. The van der Waals surface area contributed by atoms with Crippen molar-refractivity contribution in [2.75, 3.05) is 19.8 Å². The number of alkyl carbamates (subject to hydrolysis) is 1. The van der Waals surface area contributed by atoms with E-state index in [2.05, 4.69) is 32.2 Å². The number of fused-ring (bicyclic) bond motifs is 3. The number of carbonyl (C=O) groups excluding carboxylic acids is 1. The van der Waals surface area contributed by atoms with Gasteiger partial charge in [-0.1, -0.05) is 39.0 Å². The molecule has 5 heteroatoms. The van der Waals surface area contributed by atoms with Crippen LogP contribution in [0.5, 0.6) is 5.75 Å². The normalized spacial score (nSPS) is 39.1. The zero-order chi connectivity index (χ0) is 19.2. The second-order valence-electron chi connectivity index (χ2n) is 8.84. The van der Waals surface area contributed by atoms with E-state index in [-0.39, 0.29) is 29.1 Å². The fraction of sp³-hybridized carbons (Fsp3) is 0.682. The molecule has 6 atom stereocenters. The maximum absolute atomic E-state index is 12.0. The second kappa shape index (κ2) is 6.69. The molecule has 5 nitrogen and oxygen atoms in total. The lowest BCUT2D eigenvalue weighted by molar-refractivity contribution is -0.259. The number of ether oxygens (including phenoxy) is 3. The quantitative estimate of drug-likeness (QED) is 0.854. The summed E-state index contributed by atoms with van der Waals surface area (Å²) in [4.78, 5) is 12.0. The Morgan fingerprint density at radius 2 is 2.11 bits per heavy atom. The highest BCUT2D eigenvalue weighted by atomic mass is 16.6. The van der Waals surface area contributed by atoms with Crippen molar-refractivity contribution in [3.05, 3.63) is 29.8 Å². The number of para-hydroxylation sites is 1. The molecule has 3 aliphatic rings. The molecule has 0 aromatic heterocycles. The Hall–Kier alpha value is -1.75. The average Bonchev–Trinajstić information content (AvgIpc) is 2.64. The summed E-state index contributed by atoms with van der Waals surface area (Å²) in [5.41, 5.74) is 0.725. The van der Waals surface area contributed by atoms with Crippen LogP contribution in [-0.4, -0.2) is 31.5 Å². The topological polar surface area (TPSA) is 56.8 Å². The highest BCUT2D eigenvalue weighted by molar-refractivity contribution is 5.67. The van der Waals surface area contributed by atoms with Gasteiger partial charge in [0.25, 0.3) is 0 Å². The molecule has 4 rings (SSSR count). The first-order chi connectivity index (χ1) is 12.9. The number of carbonyl (C=O) groups is 1. The Morgan fingerprint density at radius 1 is 1.33 bits per heavy atom. The van der Waals surface area contributed by atoms with Crippen molar-refractivity contribution in [3.8, 4) is 5.75 Å². The summed E-state index contributed by atoms with van der Waals surface area (Å²) >= 11 is 0. The summed E-state index contributed by atoms with van der Waals surface area (Å²) in [6, 6.07) is 8.24. The van der Waals surface area contributed by atoms with Gasteiger partial charge in [0, 0.05) is 23.4 Å². The molecule has 1 aliphatic carbocycles. The molecule has 2 heterocycles. The molecule has 0 spiro atoms. The van der Waals surface area contributed by atoms with E-state index < -0.39 is 0 Å². The Kier molecular flexibility index (Phi) is 4.61. The molecule has 1 aromatic carbocycles. The maximum atomic E-state index is 12.0. The molecular formula is C22H31NO4. The van der Waals surface area contributed by atoms with Crippen LogP contribution >= 0.6 is 0 Å². The second-order valence-corrected chi connectivity index (χ2v) is 8.84. The number of nitrogens with one attached hydrogen (secondary N) is 1. The molecule has 0 radical (unpaired) electrons. The van der Waals surface area contributed by atoms with E-state index in [0.717, 1.165) is 24.2 Å². The third-order valence-electron chi connectivity index (χ3n) is 7.26. The van der Waals surface area contributed by atoms with Crippen LogP contribution in [0.25, 0.3) is 0 Å². The zero-order valence-corrected chi connectivity index (χ0v) is 16.8.